The molecule has 0 unspecified atom stereocenters. The van der Waals surface area contributed by atoms with E-state index in [1.54, 1.807) is 19.1 Å². The van der Waals surface area contributed by atoms with Crippen LogP contribution in [0.2, 0.25) is 0 Å². The molecule has 0 spiro atoms. The lowest BCUT2D eigenvalue weighted by molar-refractivity contribution is -0.133. The van der Waals surface area contributed by atoms with Crippen LogP contribution < -0.4 is 5.32 Å². The third-order valence-electron chi connectivity index (χ3n) is 2.81. The first-order chi connectivity index (χ1) is 7.56. The molecule has 0 saturated carbocycles. The van der Waals surface area contributed by atoms with Crippen LogP contribution in [-0.2, 0) is 9.59 Å². The minimum atomic E-state index is -0.295. The third-order valence-corrected chi connectivity index (χ3v) is 2.81. The standard InChI is InChI=1S/C12H12FNO2/c1-7-2-3-8(4-10(7)13)9-5-11(15)14-12(16)6-9/h2-4,9H,5-6H2,1H3,(H,14,15,16). The van der Waals surface area contributed by atoms with Crippen molar-refractivity contribution < 1.29 is 14.0 Å². The van der Waals surface area contributed by atoms with E-state index in [-0.39, 0.29) is 36.4 Å². The number of hydrogen-bond donors (Lipinski definition) is 1. The summed E-state index contributed by atoms with van der Waals surface area (Å²) in [5.41, 5.74) is 1.28. The second-order valence-corrected chi connectivity index (χ2v) is 4.09. The van der Waals surface area contributed by atoms with Crippen molar-refractivity contribution in [2.45, 2.75) is 25.7 Å². The zero-order chi connectivity index (χ0) is 11.7. The van der Waals surface area contributed by atoms with Gasteiger partial charge in [-0.15, -0.1) is 0 Å². The van der Waals surface area contributed by atoms with Crippen molar-refractivity contribution >= 4 is 11.8 Å². The van der Waals surface area contributed by atoms with Gasteiger partial charge in [0.2, 0.25) is 11.8 Å². The van der Waals surface area contributed by atoms with Crippen molar-refractivity contribution in [3.05, 3.63) is 35.1 Å². The van der Waals surface area contributed by atoms with E-state index in [4.69, 9.17) is 0 Å². The van der Waals surface area contributed by atoms with Crippen LogP contribution in [0.1, 0.15) is 29.9 Å². The number of carbonyl (C=O) groups is 2. The summed E-state index contributed by atoms with van der Waals surface area (Å²) in [5, 5.41) is 2.23. The molecule has 1 aliphatic heterocycles. The summed E-state index contributed by atoms with van der Waals surface area (Å²) >= 11 is 0. The van der Waals surface area contributed by atoms with Crippen LogP contribution in [0, 0.1) is 12.7 Å². The van der Waals surface area contributed by atoms with Crippen LogP contribution in [0.3, 0.4) is 0 Å². The van der Waals surface area contributed by atoms with Crippen molar-refractivity contribution in [1.82, 2.24) is 5.32 Å². The van der Waals surface area contributed by atoms with E-state index in [0.29, 0.717) is 11.1 Å². The molecule has 1 saturated heterocycles. The molecule has 84 valence electrons. The predicted molar refractivity (Wildman–Crippen MR) is 56.3 cm³/mol. The van der Waals surface area contributed by atoms with Crippen LogP contribution in [0.5, 0.6) is 0 Å². The van der Waals surface area contributed by atoms with Crippen LogP contribution in [0.4, 0.5) is 4.39 Å². The van der Waals surface area contributed by atoms with Gasteiger partial charge in [0.25, 0.3) is 0 Å². The second-order valence-electron chi connectivity index (χ2n) is 4.09. The van der Waals surface area contributed by atoms with E-state index in [0.717, 1.165) is 0 Å². The zero-order valence-corrected chi connectivity index (χ0v) is 8.92. The number of aryl methyl sites for hydroxylation is 1. The minimum absolute atomic E-state index is 0.198. The molecule has 2 amide bonds. The topological polar surface area (TPSA) is 46.2 Å². The van der Waals surface area contributed by atoms with Crippen molar-refractivity contribution in [3.63, 3.8) is 0 Å². The highest BCUT2D eigenvalue weighted by atomic mass is 19.1. The first-order valence-electron chi connectivity index (χ1n) is 5.15. The number of halogens is 1. The maximum Gasteiger partial charge on any atom is 0.227 e. The normalized spacial score (nSPS) is 17.4. The number of hydrogen-bond acceptors (Lipinski definition) is 2. The maximum absolute atomic E-state index is 13.3. The Hall–Kier alpha value is -1.71. The summed E-state index contributed by atoms with van der Waals surface area (Å²) in [4.78, 5) is 22.4. The van der Waals surface area contributed by atoms with E-state index in [1.165, 1.54) is 6.07 Å². The fraction of sp³-hybridized carbons (Fsp3) is 0.333. The predicted octanol–water partition coefficient (Wildman–Crippen LogP) is 1.65. The number of imide groups is 1. The molecule has 0 aromatic heterocycles. The molecule has 3 nitrogen and oxygen atoms in total. The fourth-order valence-electron chi connectivity index (χ4n) is 1.88. The lowest BCUT2D eigenvalue weighted by atomic mass is 9.89. The molecule has 16 heavy (non-hydrogen) atoms. The largest absolute Gasteiger partial charge is 0.296 e. The number of carbonyl (C=O) groups excluding carboxylic acids is 2. The molecule has 0 aliphatic carbocycles. The Balaban J connectivity index is 2.26. The van der Waals surface area contributed by atoms with Gasteiger partial charge >= 0.3 is 0 Å². The number of amides is 2. The Morgan fingerprint density at radius 3 is 2.44 bits per heavy atom. The molecule has 1 aliphatic rings. The third kappa shape index (κ3) is 2.10. The monoisotopic (exact) mass is 221 g/mol. The summed E-state index contributed by atoms with van der Waals surface area (Å²) in [7, 11) is 0. The average molecular weight is 221 g/mol. The molecular formula is C12H12FNO2. The van der Waals surface area contributed by atoms with Crippen LogP contribution in [0.25, 0.3) is 0 Å². The van der Waals surface area contributed by atoms with E-state index in [2.05, 4.69) is 5.32 Å². The Morgan fingerprint density at radius 1 is 1.25 bits per heavy atom. The summed E-state index contributed by atoms with van der Waals surface area (Å²) in [6, 6.07) is 4.85. The SMILES string of the molecule is Cc1ccc(C2CC(=O)NC(=O)C2)cc1F. The highest BCUT2D eigenvalue weighted by molar-refractivity contribution is 5.98. The van der Waals surface area contributed by atoms with Gasteiger partial charge in [0, 0.05) is 18.8 Å². The zero-order valence-electron chi connectivity index (χ0n) is 8.92. The van der Waals surface area contributed by atoms with Gasteiger partial charge in [-0.25, -0.2) is 4.39 Å². The molecule has 2 rings (SSSR count). The molecule has 4 heteroatoms. The summed E-state index contributed by atoms with van der Waals surface area (Å²) in [6.07, 6.45) is 0.489. The molecule has 1 aromatic carbocycles. The molecule has 1 heterocycles. The summed E-state index contributed by atoms with van der Waals surface area (Å²) < 4.78 is 13.3. The quantitative estimate of drug-likeness (QED) is 0.733. The second kappa shape index (κ2) is 4.04. The van der Waals surface area contributed by atoms with E-state index >= 15 is 0 Å². The highest BCUT2D eigenvalue weighted by Crippen LogP contribution is 2.27. The lowest BCUT2D eigenvalue weighted by Gasteiger charge is -2.21. The molecular weight excluding hydrogens is 209 g/mol. The highest BCUT2D eigenvalue weighted by Gasteiger charge is 2.26. The Labute approximate surface area is 92.7 Å². The van der Waals surface area contributed by atoms with Gasteiger partial charge in [0.15, 0.2) is 0 Å². The molecule has 0 radical (unpaired) electrons. The fourth-order valence-corrected chi connectivity index (χ4v) is 1.88. The van der Waals surface area contributed by atoms with Gasteiger partial charge in [0.1, 0.15) is 5.82 Å². The van der Waals surface area contributed by atoms with Crippen molar-refractivity contribution in [2.24, 2.45) is 0 Å². The van der Waals surface area contributed by atoms with Crippen LogP contribution in [-0.4, -0.2) is 11.8 Å². The first kappa shape index (κ1) is 10.8. The molecule has 1 N–H and O–H groups in total. The maximum atomic E-state index is 13.3. The van der Waals surface area contributed by atoms with Gasteiger partial charge < -0.3 is 0 Å². The van der Waals surface area contributed by atoms with Gasteiger partial charge in [-0.05, 0) is 24.1 Å². The Kier molecular flexibility index (Phi) is 2.73. The molecule has 1 fully saturated rings. The first-order valence-corrected chi connectivity index (χ1v) is 5.15. The molecule has 1 aromatic rings. The van der Waals surface area contributed by atoms with E-state index in [1.807, 2.05) is 0 Å². The van der Waals surface area contributed by atoms with Crippen LogP contribution in [0.15, 0.2) is 18.2 Å². The lowest BCUT2D eigenvalue weighted by Crippen LogP contribution is -2.37. The van der Waals surface area contributed by atoms with Crippen molar-refractivity contribution in [3.8, 4) is 0 Å². The number of piperidine rings is 1. The molecule has 0 bridgehead atoms. The number of rotatable bonds is 1. The van der Waals surface area contributed by atoms with Crippen molar-refractivity contribution in [2.75, 3.05) is 0 Å². The number of nitrogens with one attached hydrogen (secondary N) is 1. The summed E-state index contributed by atoms with van der Waals surface area (Å²) in [5.74, 6) is -1.07. The average Bonchev–Trinajstić information content (AvgIpc) is 2.20. The minimum Gasteiger partial charge on any atom is -0.296 e. The number of benzene rings is 1. The van der Waals surface area contributed by atoms with Gasteiger partial charge in [-0.1, -0.05) is 12.1 Å². The summed E-state index contributed by atoms with van der Waals surface area (Å²) in [6.45, 7) is 1.68. The molecule has 0 atom stereocenters. The van der Waals surface area contributed by atoms with Gasteiger partial charge in [0.05, 0.1) is 0 Å². The van der Waals surface area contributed by atoms with E-state index < -0.39 is 0 Å². The van der Waals surface area contributed by atoms with E-state index in [9.17, 15) is 14.0 Å². The van der Waals surface area contributed by atoms with Gasteiger partial charge in [-0.3, -0.25) is 14.9 Å². The van der Waals surface area contributed by atoms with Crippen LogP contribution >= 0.6 is 0 Å². The van der Waals surface area contributed by atoms with Crippen molar-refractivity contribution in [1.29, 1.82) is 0 Å². The Morgan fingerprint density at radius 2 is 1.88 bits per heavy atom. The smallest absolute Gasteiger partial charge is 0.227 e. The van der Waals surface area contributed by atoms with Gasteiger partial charge in [-0.2, -0.15) is 0 Å². The Bertz CT molecular complexity index is 440.